The summed E-state index contributed by atoms with van der Waals surface area (Å²) in [7, 11) is 0. The van der Waals surface area contributed by atoms with Gasteiger partial charge in [-0.05, 0) is 30.5 Å². The lowest BCUT2D eigenvalue weighted by atomic mass is 10.1. The minimum Gasteiger partial charge on any atom is -0.353 e. The number of hydrogen-bond acceptors (Lipinski definition) is 5. The first-order valence-corrected chi connectivity index (χ1v) is 8.01. The fourth-order valence-electron chi connectivity index (χ4n) is 2.34. The Morgan fingerprint density at radius 1 is 0.923 bits per heavy atom. The Balaban J connectivity index is 1.57. The number of halogens is 3. The summed E-state index contributed by atoms with van der Waals surface area (Å²) in [5, 5.41) is 13.2. The van der Waals surface area contributed by atoms with Gasteiger partial charge in [-0.25, -0.2) is 13.2 Å². The fourth-order valence-corrected chi connectivity index (χ4v) is 2.34. The summed E-state index contributed by atoms with van der Waals surface area (Å²) in [5.74, 6) is -3.70. The SMILES string of the molecule is Fc1ccc(Nc2cnnc(NCCCc3ccccc3)n2)c(F)c1F. The predicted molar refractivity (Wildman–Crippen MR) is 92.7 cm³/mol. The van der Waals surface area contributed by atoms with Crippen molar-refractivity contribution < 1.29 is 13.2 Å². The van der Waals surface area contributed by atoms with E-state index in [2.05, 4.69) is 37.9 Å². The second-order valence-corrected chi connectivity index (χ2v) is 5.53. The molecule has 0 aliphatic carbocycles. The lowest BCUT2D eigenvalue weighted by Gasteiger charge is -2.09. The molecule has 1 aromatic heterocycles. The van der Waals surface area contributed by atoms with E-state index in [0.717, 1.165) is 25.0 Å². The molecule has 0 spiro atoms. The fraction of sp³-hybridized carbons (Fsp3) is 0.167. The molecule has 1 heterocycles. The smallest absolute Gasteiger partial charge is 0.244 e. The van der Waals surface area contributed by atoms with Crippen molar-refractivity contribution in [2.75, 3.05) is 17.2 Å². The average Bonchev–Trinajstić information content (AvgIpc) is 2.67. The first-order valence-electron chi connectivity index (χ1n) is 8.01. The van der Waals surface area contributed by atoms with Crippen molar-refractivity contribution in [3.63, 3.8) is 0 Å². The van der Waals surface area contributed by atoms with Crippen molar-refractivity contribution in [2.24, 2.45) is 0 Å². The minimum atomic E-state index is -1.55. The molecule has 26 heavy (non-hydrogen) atoms. The van der Waals surface area contributed by atoms with E-state index < -0.39 is 17.5 Å². The van der Waals surface area contributed by atoms with Gasteiger partial charge in [0.05, 0.1) is 11.9 Å². The first kappa shape index (κ1) is 17.7. The average molecular weight is 359 g/mol. The molecule has 8 heteroatoms. The molecule has 5 nitrogen and oxygen atoms in total. The number of aromatic nitrogens is 3. The van der Waals surface area contributed by atoms with Crippen molar-refractivity contribution in [2.45, 2.75) is 12.8 Å². The summed E-state index contributed by atoms with van der Waals surface area (Å²) in [6, 6.07) is 12.0. The summed E-state index contributed by atoms with van der Waals surface area (Å²) in [5.41, 5.74) is 0.997. The maximum absolute atomic E-state index is 13.7. The quantitative estimate of drug-likeness (QED) is 0.492. The van der Waals surface area contributed by atoms with Gasteiger partial charge < -0.3 is 10.6 Å². The van der Waals surface area contributed by atoms with Crippen molar-refractivity contribution in [3.05, 3.63) is 71.7 Å². The maximum Gasteiger partial charge on any atom is 0.244 e. The Morgan fingerprint density at radius 3 is 2.54 bits per heavy atom. The highest BCUT2D eigenvalue weighted by Crippen LogP contribution is 2.22. The van der Waals surface area contributed by atoms with Gasteiger partial charge in [-0.1, -0.05) is 30.3 Å². The second kappa shape index (κ2) is 8.28. The number of rotatable bonds is 7. The van der Waals surface area contributed by atoms with E-state index in [9.17, 15) is 13.2 Å². The molecule has 0 radical (unpaired) electrons. The van der Waals surface area contributed by atoms with Crippen LogP contribution in [-0.2, 0) is 6.42 Å². The van der Waals surface area contributed by atoms with Gasteiger partial charge in [0.15, 0.2) is 23.3 Å². The largest absolute Gasteiger partial charge is 0.353 e. The zero-order valence-electron chi connectivity index (χ0n) is 13.7. The lowest BCUT2D eigenvalue weighted by molar-refractivity contribution is 0.449. The van der Waals surface area contributed by atoms with Crippen LogP contribution in [0.5, 0.6) is 0 Å². The molecular formula is C18H16F3N5. The van der Waals surface area contributed by atoms with Gasteiger partial charge in [-0.2, -0.15) is 10.1 Å². The molecule has 3 aromatic rings. The van der Waals surface area contributed by atoms with Crippen LogP contribution in [0.3, 0.4) is 0 Å². The molecule has 0 saturated carbocycles. The van der Waals surface area contributed by atoms with Crippen LogP contribution in [-0.4, -0.2) is 21.7 Å². The summed E-state index contributed by atoms with van der Waals surface area (Å²) in [6.45, 7) is 0.625. The normalized spacial score (nSPS) is 10.6. The summed E-state index contributed by atoms with van der Waals surface area (Å²) >= 11 is 0. The highest BCUT2D eigenvalue weighted by Gasteiger charge is 2.14. The summed E-state index contributed by atoms with van der Waals surface area (Å²) < 4.78 is 39.9. The van der Waals surface area contributed by atoms with E-state index in [4.69, 9.17) is 0 Å². The van der Waals surface area contributed by atoms with Crippen molar-refractivity contribution in [3.8, 4) is 0 Å². The van der Waals surface area contributed by atoms with Gasteiger partial charge in [0.1, 0.15) is 0 Å². The van der Waals surface area contributed by atoms with E-state index >= 15 is 0 Å². The highest BCUT2D eigenvalue weighted by atomic mass is 19.2. The zero-order valence-corrected chi connectivity index (χ0v) is 13.7. The van der Waals surface area contributed by atoms with Crippen molar-refractivity contribution >= 4 is 17.5 Å². The molecular weight excluding hydrogens is 343 g/mol. The van der Waals surface area contributed by atoms with E-state index in [1.54, 1.807) is 0 Å². The maximum atomic E-state index is 13.7. The number of aryl methyl sites for hydroxylation is 1. The molecule has 0 aliphatic rings. The van der Waals surface area contributed by atoms with Gasteiger partial charge >= 0.3 is 0 Å². The van der Waals surface area contributed by atoms with Crippen LogP contribution in [0.15, 0.2) is 48.7 Å². The van der Waals surface area contributed by atoms with Crippen LogP contribution >= 0.6 is 0 Å². The molecule has 2 N–H and O–H groups in total. The molecule has 0 aliphatic heterocycles. The number of hydrogen-bond donors (Lipinski definition) is 2. The molecule has 0 fully saturated rings. The van der Waals surface area contributed by atoms with Crippen LogP contribution in [0.4, 0.5) is 30.6 Å². The zero-order chi connectivity index (χ0) is 18.4. The van der Waals surface area contributed by atoms with Crippen LogP contribution < -0.4 is 10.6 Å². The van der Waals surface area contributed by atoms with Crippen LogP contribution in [0, 0.1) is 17.5 Å². The van der Waals surface area contributed by atoms with E-state index in [-0.39, 0.29) is 17.5 Å². The van der Waals surface area contributed by atoms with E-state index in [1.807, 2.05) is 18.2 Å². The third-order valence-electron chi connectivity index (χ3n) is 3.62. The molecule has 3 rings (SSSR count). The van der Waals surface area contributed by atoms with Crippen LogP contribution in [0.1, 0.15) is 12.0 Å². The lowest BCUT2D eigenvalue weighted by Crippen LogP contribution is -2.09. The second-order valence-electron chi connectivity index (χ2n) is 5.53. The van der Waals surface area contributed by atoms with Gasteiger partial charge in [0.2, 0.25) is 5.95 Å². The summed E-state index contributed by atoms with van der Waals surface area (Å²) in [4.78, 5) is 4.13. The molecule has 0 saturated heterocycles. The van der Waals surface area contributed by atoms with Gasteiger partial charge in [0.25, 0.3) is 0 Å². The van der Waals surface area contributed by atoms with Gasteiger partial charge in [-0.3, -0.25) is 0 Å². The number of benzene rings is 2. The molecule has 0 atom stereocenters. The number of nitrogens with one attached hydrogen (secondary N) is 2. The van der Waals surface area contributed by atoms with Crippen LogP contribution in [0.25, 0.3) is 0 Å². The number of anilines is 3. The highest BCUT2D eigenvalue weighted by molar-refractivity contribution is 5.57. The van der Waals surface area contributed by atoms with E-state index in [0.29, 0.717) is 6.54 Å². The monoisotopic (exact) mass is 359 g/mol. The molecule has 134 valence electrons. The summed E-state index contributed by atoms with van der Waals surface area (Å²) in [6.07, 6.45) is 3.03. The van der Waals surface area contributed by atoms with Crippen LogP contribution in [0.2, 0.25) is 0 Å². The molecule has 0 unspecified atom stereocenters. The molecule has 2 aromatic carbocycles. The number of nitrogens with zero attached hydrogens (tertiary/aromatic N) is 3. The Morgan fingerprint density at radius 2 is 1.73 bits per heavy atom. The Labute approximate surface area is 148 Å². The minimum absolute atomic E-state index is 0.162. The Hall–Kier alpha value is -3.16. The molecule has 0 bridgehead atoms. The predicted octanol–water partition coefficient (Wildman–Crippen LogP) is 4.08. The van der Waals surface area contributed by atoms with Crippen molar-refractivity contribution in [1.29, 1.82) is 0 Å². The Kier molecular flexibility index (Phi) is 5.62. The standard InChI is InChI=1S/C18H16F3N5/c19-13-8-9-14(17(21)16(13)20)24-15-11-23-26-18(25-15)22-10-4-7-12-5-2-1-3-6-12/h1-3,5-6,8-9,11H,4,7,10H2,(H2,22,24,25,26). The Bertz CT molecular complexity index is 874. The first-order chi connectivity index (χ1) is 12.6. The van der Waals surface area contributed by atoms with Crippen molar-refractivity contribution in [1.82, 2.24) is 15.2 Å². The van der Waals surface area contributed by atoms with Gasteiger partial charge in [-0.15, -0.1) is 5.10 Å². The topological polar surface area (TPSA) is 62.7 Å². The van der Waals surface area contributed by atoms with E-state index in [1.165, 1.54) is 11.8 Å². The van der Waals surface area contributed by atoms with Gasteiger partial charge in [0, 0.05) is 6.54 Å². The molecule has 0 amide bonds. The third kappa shape index (κ3) is 4.47. The third-order valence-corrected chi connectivity index (χ3v) is 3.62.